The number of aromatic nitrogens is 1. The van der Waals surface area contributed by atoms with Crippen molar-refractivity contribution in [2.45, 2.75) is 25.8 Å². The zero-order valence-corrected chi connectivity index (χ0v) is 17.8. The van der Waals surface area contributed by atoms with Gasteiger partial charge in [0.2, 0.25) is 5.91 Å². The number of aromatic carboxylic acids is 1. The number of likely N-dealkylation sites (N-methyl/N-ethyl adjacent to an activating group) is 1. The second kappa shape index (κ2) is 7.40. The molecule has 3 aromatic rings. The Morgan fingerprint density at radius 3 is 2.62 bits per heavy atom. The van der Waals surface area contributed by atoms with Gasteiger partial charge in [-0.05, 0) is 42.3 Å². The molecule has 0 aliphatic carbocycles. The summed E-state index contributed by atoms with van der Waals surface area (Å²) in [6, 6.07) is 10.4. The van der Waals surface area contributed by atoms with Gasteiger partial charge in [-0.15, -0.1) is 0 Å². The molecule has 164 valence electrons. The molecule has 3 heterocycles. The van der Waals surface area contributed by atoms with E-state index in [4.69, 9.17) is 4.74 Å². The summed E-state index contributed by atoms with van der Waals surface area (Å²) in [5.41, 5.74) is 4.83. The summed E-state index contributed by atoms with van der Waals surface area (Å²) >= 11 is 0. The van der Waals surface area contributed by atoms with Crippen LogP contribution in [0.3, 0.4) is 0 Å². The lowest BCUT2D eigenvalue weighted by Crippen LogP contribution is -2.55. The number of carboxylic acid groups (broad SMARTS) is 1. The van der Waals surface area contributed by atoms with Crippen LogP contribution in [0.5, 0.6) is 5.75 Å². The van der Waals surface area contributed by atoms with E-state index in [-0.39, 0.29) is 17.5 Å². The zero-order chi connectivity index (χ0) is 22.6. The van der Waals surface area contributed by atoms with Gasteiger partial charge >= 0.3 is 12.0 Å². The van der Waals surface area contributed by atoms with Gasteiger partial charge in [-0.2, -0.15) is 0 Å². The number of H-pyrrole nitrogens is 1. The molecule has 2 aliphatic heterocycles. The molecule has 2 bridgehead atoms. The van der Waals surface area contributed by atoms with Gasteiger partial charge in [0.05, 0.1) is 24.6 Å². The average Bonchev–Trinajstić information content (AvgIpc) is 3.17. The number of hydrogen-bond donors (Lipinski definition) is 2. The Kier molecular flexibility index (Phi) is 4.65. The maximum atomic E-state index is 13.0. The Bertz CT molecular complexity index is 1260. The van der Waals surface area contributed by atoms with Crippen LogP contribution >= 0.6 is 0 Å². The van der Waals surface area contributed by atoms with E-state index in [9.17, 15) is 19.5 Å². The number of fused-ring (bicyclic) bond motifs is 6. The van der Waals surface area contributed by atoms with Crippen LogP contribution in [0.4, 0.5) is 4.79 Å². The van der Waals surface area contributed by atoms with E-state index in [1.807, 2.05) is 19.1 Å². The smallest absolute Gasteiger partial charge is 0.335 e. The summed E-state index contributed by atoms with van der Waals surface area (Å²) in [6.45, 7) is 3.21. The molecule has 1 saturated heterocycles. The third kappa shape index (κ3) is 3.02. The fraction of sp³-hybridized carbons (Fsp3) is 0.292. The Balaban J connectivity index is 1.67. The molecule has 1 unspecified atom stereocenters. The van der Waals surface area contributed by atoms with Crippen LogP contribution in [0, 0.1) is 0 Å². The molecule has 8 nitrogen and oxygen atoms in total. The number of amides is 3. The number of ether oxygens (including phenoxy) is 1. The molecule has 1 aromatic heterocycles. The third-order valence-corrected chi connectivity index (χ3v) is 6.32. The largest absolute Gasteiger partial charge is 0.494 e. The van der Waals surface area contributed by atoms with E-state index >= 15 is 0 Å². The lowest BCUT2D eigenvalue weighted by molar-refractivity contribution is -0.132. The number of carbonyl (C=O) groups is 3. The molecule has 1 atom stereocenters. The number of carbonyl (C=O) groups excluding carboxylic acids is 2. The fourth-order valence-electron chi connectivity index (χ4n) is 4.82. The van der Waals surface area contributed by atoms with Crippen molar-refractivity contribution in [1.29, 1.82) is 0 Å². The number of urea groups is 1. The van der Waals surface area contributed by atoms with Gasteiger partial charge < -0.3 is 19.7 Å². The Labute approximate surface area is 184 Å². The highest BCUT2D eigenvalue weighted by atomic mass is 16.5. The maximum Gasteiger partial charge on any atom is 0.335 e. The Morgan fingerprint density at radius 2 is 1.94 bits per heavy atom. The van der Waals surface area contributed by atoms with Crippen LogP contribution < -0.4 is 4.74 Å². The molecular formula is C24H23N3O5. The van der Waals surface area contributed by atoms with Crippen molar-refractivity contribution in [3.05, 3.63) is 64.3 Å². The summed E-state index contributed by atoms with van der Waals surface area (Å²) in [5, 5.41) is 10.1. The Morgan fingerprint density at radius 1 is 1.19 bits per heavy atom. The topological polar surface area (TPSA) is 103 Å². The van der Waals surface area contributed by atoms with Gasteiger partial charge in [0.15, 0.2) is 0 Å². The molecule has 5 rings (SSSR count). The van der Waals surface area contributed by atoms with E-state index in [1.54, 1.807) is 29.2 Å². The SMILES string of the molecule is CCOc1ccc2[nH]c3c(c2c1Cc1ccc(C(=O)O)cc1)C1CN(C3)C(=O)N(C)C1=O. The summed E-state index contributed by atoms with van der Waals surface area (Å²) in [7, 11) is 1.53. The molecule has 1 fully saturated rings. The van der Waals surface area contributed by atoms with Crippen molar-refractivity contribution >= 4 is 28.8 Å². The van der Waals surface area contributed by atoms with Crippen molar-refractivity contribution < 1.29 is 24.2 Å². The molecular weight excluding hydrogens is 410 g/mol. The number of aromatic amines is 1. The summed E-state index contributed by atoms with van der Waals surface area (Å²) in [4.78, 5) is 43.0. The standard InChI is InChI=1S/C24H23N3O5/c1-3-32-19-9-8-17-20(15(19)10-13-4-6-14(7-5-13)23(29)30)21-16-11-27(12-18(21)25-17)24(31)26(2)22(16)28/h4-9,16,25H,3,10-12H2,1-2H3,(H,29,30). The van der Waals surface area contributed by atoms with Crippen molar-refractivity contribution in [1.82, 2.24) is 14.8 Å². The van der Waals surface area contributed by atoms with Crippen LogP contribution in [0.25, 0.3) is 10.9 Å². The fourth-order valence-corrected chi connectivity index (χ4v) is 4.82. The minimum absolute atomic E-state index is 0.202. The zero-order valence-electron chi connectivity index (χ0n) is 17.8. The number of rotatable bonds is 5. The molecule has 2 aromatic carbocycles. The monoisotopic (exact) mass is 433 g/mol. The molecule has 2 N–H and O–H groups in total. The molecule has 0 spiro atoms. The van der Waals surface area contributed by atoms with Gasteiger partial charge in [0.25, 0.3) is 0 Å². The second-order valence-corrected chi connectivity index (χ2v) is 8.21. The van der Waals surface area contributed by atoms with Gasteiger partial charge in [-0.25, -0.2) is 9.59 Å². The first-order valence-electron chi connectivity index (χ1n) is 10.6. The third-order valence-electron chi connectivity index (χ3n) is 6.32. The first kappa shape index (κ1) is 20.1. The van der Waals surface area contributed by atoms with Crippen molar-refractivity contribution in [2.24, 2.45) is 0 Å². The molecule has 8 heteroatoms. The molecule has 0 radical (unpaired) electrons. The van der Waals surface area contributed by atoms with E-state index in [0.29, 0.717) is 26.1 Å². The molecule has 2 aliphatic rings. The number of imide groups is 1. The summed E-state index contributed by atoms with van der Waals surface area (Å²) in [6.07, 6.45) is 0.524. The number of nitrogens with zero attached hydrogens (tertiary/aromatic N) is 2. The predicted octanol–water partition coefficient (Wildman–Crippen LogP) is 3.35. The summed E-state index contributed by atoms with van der Waals surface area (Å²) in [5.74, 6) is -0.862. The maximum absolute atomic E-state index is 13.0. The van der Waals surface area contributed by atoms with Crippen LogP contribution in [-0.4, -0.2) is 58.0 Å². The first-order chi connectivity index (χ1) is 15.4. The van der Waals surface area contributed by atoms with Crippen LogP contribution in [0.2, 0.25) is 0 Å². The van der Waals surface area contributed by atoms with E-state index in [0.717, 1.165) is 39.0 Å². The average molecular weight is 433 g/mol. The number of benzene rings is 2. The van der Waals surface area contributed by atoms with Crippen molar-refractivity contribution in [2.75, 3.05) is 20.2 Å². The highest BCUT2D eigenvalue weighted by Crippen LogP contribution is 2.42. The molecule has 3 amide bonds. The quantitative estimate of drug-likeness (QED) is 0.642. The van der Waals surface area contributed by atoms with Gasteiger partial charge in [0.1, 0.15) is 5.75 Å². The minimum Gasteiger partial charge on any atom is -0.494 e. The normalized spacial score (nSPS) is 17.6. The second-order valence-electron chi connectivity index (χ2n) is 8.21. The van der Waals surface area contributed by atoms with E-state index in [2.05, 4.69) is 4.98 Å². The van der Waals surface area contributed by atoms with Crippen LogP contribution in [0.1, 0.15) is 45.6 Å². The van der Waals surface area contributed by atoms with Gasteiger partial charge in [-0.1, -0.05) is 12.1 Å². The van der Waals surface area contributed by atoms with Gasteiger partial charge in [0, 0.05) is 42.2 Å². The first-order valence-corrected chi connectivity index (χ1v) is 10.6. The number of carboxylic acids is 1. The predicted molar refractivity (Wildman–Crippen MR) is 117 cm³/mol. The van der Waals surface area contributed by atoms with E-state index in [1.165, 1.54) is 11.9 Å². The van der Waals surface area contributed by atoms with Gasteiger partial charge in [-0.3, -0.25) is 9.69 Å². The van der Waals surface area contributed by atoms with E-state index < -0.39 is 11.9 Å². The lowest BCUT2D eigenvalue weighted by atomic mass is 9.86. The molecule has 32 heavy (non-hydrogen) atoms. The van der Waals surface area contributed by atoms with Crippen LogP contribution in [0.15, 0.2) is 36.4 Å². The van der Waals surface area contributed by atoms with Crippen LogP contribution in [-0.2, 0) is 17.8 Å². The van der Waals surface area contributed by atoms with Crippen molar-refractivity contribution in [3.8, 4) is 5.75 Å². The highest BCUT2D eigenvalue weighted by Gasteiger charge is 2.44. The number of nitrogens with one attached hydrogen (secondary N) is 1. The molecule has 0 saturated carbocycles. The highest BCUT2D eigenvalue weighted by molar-refractivity contribution is 6.04. The summed E-state index contributed by atoms with van der Waals surface area (Å²) < 4.78 is 5.94. The lowest BCUT2D eigenvalue weighted by Gasteiger charge is -2.40. The Hall–Kier alpha value is -3.81. The number of hydrogen-bond acceptors (Lipinski definition) is 4. The van der Waals surface area contributed by atoms with Crippen molar-refractivity contribution in [3.63, 3.8) is 0 Å². The minimum atomic E-state index is -0.965.